The van der Waals surface area contributed by atoms with Crippen LogP contribution >= 0.6 is 0 Å². The molecule has 0 unspecified atom stereocenters. The van der Waals surface area contributed by atoms with E-state index in [4.69, 9.17) is 5.11 Å². The largest absolute Gasteiger partial charge is 0.481 e. The number of aryl methyl sites for hydroxylation is 1. The zero-order chi connectivity index (χ0) is 13.9. The van der Waals surface area contributed by atoms with Gasteiger partial charge in [0, 0.05) is 12.0 Å². The zero-order valence-corrected chi connectivity index (χ0v) is 10.8. The van der Waals surface area contributed by atoms with Gasteiger partial charge >= 0.3 is 5.97 Å². The standard InChI is InChI=1S/C14H18F2O2/c1-9(2)11-5-4-10(3)12(8-11)14(15,16)7-6-13(17)18/h4-5,8-9H,6-7H2,1-3H3,(H,17,18). The van der Waals surface area contributed by atoms with E-state index in [1.807, 2.05) is 19.9 Å². The molecule has 2 nitrogen and oxygen atoms in total. The lowest BCUT2D eigenvalue weighted by molar-refractivity contribution is -0.139. The Bertz CT molecular complexity index is 439. The van der Waals surface area contributed by atoms with E-state index in [0.29, 0.717) is 5.56 Å². The molecule has 0 saturated heterocycles. The summed E-state index contributed by atoms with van der Waals surface area (Å²) in [4.78, 5) is 10.4. The molecule has 0 heterocycles. The summed E-state index contributed by atoms with van der Waals surface area (Å²) in [7, 11) is 0. The minimum atomic E-state index is -3.09. The summed E-state index contributed by atoms with van der Waals surface area (Å²) in [6.45, 7) is 5.49. The van der Waals surface area contributed by atoms with Gasteiger partial charge in [0.15, 0.2) is 0 Å². The Morgan fingerprint density at radius 3 is 2.50 bits per heavy atom. The van der Waals surface area contributed by atoms with Gasteiger partial charge in [-0.25, -0.2) is 8.78 Å². The normalized spacial score (nSPS) is 11.9. The molecule has 0 aromatic heterocycles. The van der Waals surface area contributed by atoms with Crippen molar-refractivity contribution >= 4 is 5.97 Å². The molecule has 0 spiro atoms. The summed E-state index contributed by atoms with van der Waals surface area (Å²) in [5, 5.41) is 8.50. The SMILES string of the molecule is Cc1ccc(C(C)C)cc1C(F)(F)CCC(=O)O. The van der Waals surface area contributed by atoms with E-state index in [2.05, 4.69) is 0 Å². The van der Waals surface area contributed by atoms with Crippen LogP contribution in [0.3, 0.4) is 0 Å². The van der Waals surface area contributed by atoms with Gasteiger partial charge in [0.2, 0.25) is 0 Å². The number of benzene rings is 1. The highest BCUT2D eigenvalue weighted by Crippen LogP contribution is 2.36. The molecule has 0 aliphatic rings. The molecule has 100 valence electrons. The number of carboxylic acids is 1. The lowest BCUT2D eigenvalue weighted by Crippen LogP contribution is -2.17. The molecule has 0 saturated carbocycles. The zero-order valence-electron chi connectivity index (χ0n) is 10.8. The highest BCUT2D eigenvalue weighted by atomic mass is 19.3. The van der Waals surface area contributed by atoms with Gasteiger partial charge in [-0.15, -0.1) is 0 Å². The molecule has 0 atom stereocenters. The number of hydrogen-bond donors (Lipinski definition) is 1. The highest BCUT2D eigenvalue weighted by Gasteiger charge is 2.33. The van der Waals surface area contributed by atoms with Gasteiger partial charge in [-0.3, -0.25) is 4.79 Å². The van der Waals surface area contributed by atoms with Gasteiger partial charge in [-0.2, -0.15) is 0 Å². The third kappa shape index (κ3) is 3.52. The van der Waals surface area contributed by atoms with Gasteiger partial charge in [-0.1, -0.05) is 26.0 Å². The van der Waals surface area contributed by atoms with Crippen LogP contribution in [0, 0.1) is 6.92 Å². The number of aliphatic carboxylic acids is 1. The number of rotatable bonds is 5. The van der Waals surface area contributed by atoms with E-state index in [1.165, 1.54) is 6.07 Å². The molecule has 0 aliphatic heterocycles. The Balaban J connectivity index is 3.05. The van der Waals surface area contributed by atoms with Gasteiger partial charge in [-0.05, 0) is 30.0 Å². The molecule has 4 heteroatoms. The quantitative estimate of drug-likeness (QED) is 0.862. The molecular formula is C14H18F2O2. The topological polar surface area (TPSA) is 37.3 Å². The molecule has 1 aromatic rings. The van der Waals surface area contributed by atoms with Gasteiger partial charge in [0.05, 0.1) is 6.42 Å². The molecule has 1 aromatic carbocycles. The fourth-order valence-corrected chi connectivity index (χ4v) is 1.79. The first-order chi connectivity index (χ1) is 8.24. The highest BCUT2D eigenvalue weighted by molar-refractivity contribution is 5.66. The van der Waals surface area contributed by atoms with Gasteiger partial charge in [0.25, 0.3) is 5.92 Å². The van der Waals surface area contributed by atoms with E-state index < -0.39 is 24.7 Å². The van der Waals surface area contributed by atoms with Crippen LogP contribution in [-0.2, 0) is 10.7 Å². The third-order valence-electron chi connectivity index (χ3n) is 2.98. The van der Waals surface area contributed by atoms with E-state index in [0.717, 1.165) is 5.56 Å². The maximum atomic E-state index is 14.0. The summed E-state index contributed by atoms with van der Waals surface area (Å²) >= 11 is 0. The van der Waals surface area contributed by atoms with Crippen molar-refractivity contribution in [2.45, 2.75) is 45.5 Å². The number of carboxylic acid groups (broad SMARTS) is 1. The smallest absolute Gasteiger partial charge is 0.303 e. The molecule has 18 heavy (non-hydrogen) atoms. The number of halogens is 2. The number of carbonyl (C=O) groups is 1. The average Bonchev–Trinajstić information content (AvgIpc) is 2.26. The van der Waals surface area contributed by atoms with Crippen LogP contribution in [0.2, 0.25) is 0 Å². The van der Waals surface area contributed by atoms with Crippen molar-refractivity contribution in [1.29, 1.82) is 0 Å². The Morgan fingerprint density at radius 2 is 2.00 bits per heavy atom. The van der Waals surface area contributed by atoms with E-state index in [1.54, 1.807) is 13.0 Å². The molecule has 0 fully saturated rings. The fraction of sp³-hybridized carbons (Fsp3) is 0.500. The molecular weight excluding hydrogens is 238 g/mol. The van der Waals surface area contributed by atoms with Gasteiger partial charge < -0.3 is 5.11 Å². The van der Waals surface area contributed by atoms with Crippen LogP contribution in [0.5, 0.6) is 0 Å². The predicted octanol–water partition coefficient (Wildman–Crippen LogP) is 4.08. The maximum Gasteiger partial charge on any atom is 0.303 e. The number of alkyl halides is 2. The second kappa shape index (κ2) is 5.46. The first-order valence-electron chi connectivity index (χ1n) is 5.94. The summed E-state index contributed by atoms with van der Waals surface area (Å²) in [5.41, 5.74) is 1.27. The molecule has 0 aliphatic carbocycles. The lowest BCUT2D eigenvalue weighted by atomic mass is 9.93. The van der Waals surface area contributed by atoms with Crippen LogP contribution in [0.1, 0.15) is 49.3 Å². The van der Waals surface area contributed by atoms with Crippen LogP contribution in [0.25, 0.3) is 0 Å². The third-order valence-corrected chi connectivity index (χ3v) is 2.98. The molecule has 0 bridgehead atoms. The van der Waals surface area contributed by atoms with E-state index in [9.17, 15) is 13.6 Å². The summed E-state index contributed by atoms with van der Waals surface area (Å²) in [6.07, 6.45) is -1.19. The maximum absolute atomic E-state index is 14.0. The van der Waals surface area contributed by atoms with Crippen molar-refractivity contribution in [1.82, 2.24) is 0 Å². The summed E-state index contributed by atoms with van der Waals surface area (Å²) < 4.78 is 27.9. The summed E-state index contributed by atoms with van der Waals surface area (Å²) in [6, 6.07) is 4.98. The predicted molar refractivity (Wildman–Crippen MR) is 66.0 cm³/mol. The van der Waals surface area contributed by atoms with Crippen LogP contribution < -0.4 is 0 Å². The van der Waals surface area contributed by atoms with Crippen molar-refractivity contribution in [3.63, 3.8) is 0 Å². The Labute approximate surface area is 106 Å². The van der Waals surface area contributed by atoms with Crippen molar-refractivity contribution in [3.05, 3.63) is 34.9 Å². The van der Waals surface area contributed by atoms with Crippen molar-refractivity contribution < 1.29 is 18.7 Å². The van der Waals surface area contributed by atoms with Gasteiger partial charge in [0.1, 0.15) is 0 Å². The van der Waals surface area contributed by atoms with Crippen molar-refractivity contribution in [2.75, 3.05) is 0 Å². The Hall–Kier alpha value is -1.45. The van der Waals surface area contributed by atoms with E-state index >= 15 is 0 Å². The molecule has 0 radical (unpaired) electrons. The lowest BCUT2D eigenvalue weighted by Gasteiger charge is -2.20. The molecule has 1 rings (SSSR count). The van der Waals surface area contributed by atoms with Crippen LogP contribution in [0.15, 0.2) is 18.2 Å². The Morgan fingerprint density at radius 1 is 1.39 bits per heavy atom. The van der Waals surface area contributed by atoms with Crippen molar-refractivity contribution in [2.24, 2.45) is 0 Å². The van der Waals surface area contributed by atoms with Crippen molar-refractivity contribution in [3.8, 4) is 0 Å². The minimum Gasteiger partial charge on any atom is -0.481 e. The average molecular weight is 256 g/mol. The monoisotopic (exact) mass is 256 g/mol. The Kier molecular flexibility index (Phi) is 4.43. The second-order valence-corrected chi connectivity index (χ2v) is 4.83. The first kappa shape index (κ1) is 14.6. The minimum absolute atomic E-state index is 0.0602. The van der Waals surface area contributed by atoms with Crippen LogP contribution in [-0.4, -0.2) is 11.1 Å². The fourth-order valence-electron chi connectivity index (χ4n) is 1.79. The van der Waals surface area contributed by atoms with E-state index in [-0.39, 0.29) is 11.5 Å². The second-order valence-electron chi connectivity index (χ2n) is 4.83. The molecule has 1 N–H and O–H groups in total. The summed E-state index contributed by atoms with van der Waals surface area (Å²) in [5.74, 6) is -4.13. The number of hydrogen-bond acceptors (Lipinski definition) is 1. The van der Waals surface area contributed by atoms with Crippen LogP contribution in [0.4, 0.5) is 8.78 Å². The molecule has 0 amide bonds. The first-order valence-corrected chi connectivity index (χ1v) is 5.94.